The summed E-state index contributed by atoms with van der Waals surface area (Å²) in [6, 6.07) is 28.6. The highest BCUT2D eigenvalue weighted by Crippen LogP contribution is 2.67. The maximum absolute atomic E-state index is 14.4. The largest absolute Gasteiger partial charge is 0.460 e. The Hall–Kier alpha value is -2.99. The Kier molecular flexibility index (Phi) is 9.93. The summed E-state index contributed by atoms with van der Waals surface area (Å²) in [5.41, 5.74) is 3.62. The van der Waals surface area contributed by atoms with Crippen molar-refractivity contribution >= 4 is 5.97 Å². The van der Waals surface area contributed by atoms with Crippen LogP contribution in [0.25, 0.3) is 0 Å². The van der Waals surface area contributed by atoms with Gasteiger partial charge in [0.05, 0.1) is 18.2 Å². The highest BCUT2D eigenvalue weighted by molar-refractivity contribution is 5.75. The van der Waals surface area contributed by atoms with Gasteiger partial charge in [-0.2, -0.15) is 0 Å². The number of benzene rings is 3. The summed E-state index contributed by atoms with van der Waals surface area (Å²) in [6.07, 6.45) is 2.86. The number of methoxy groups -OCH3 is 1. The summed E-state index contributed by atoms with van der Waals surface area (Å²) in [5, 5.41) is 12.2. The molecule has 0 spiro atoms. The molecule has 1 N–H and O–H groups in total. The van der Waals surface area contributed by atoms with Crippen LogP contribution in [0.1, 0.15) is 82.2 Å². The van der Waals surface area contributed by atoms with Crippen LogP contribution < -0.4 is 0 Å². The van der Waals surface area contributed by atoms with Crippen LogP contribution in [0.4, 0.5) is 0 Å². The van der Waals surface area contributed by atoms with Gasteiger partial charge >= 0.3 is 5.97 Å². The highest BCUT2D eigenvalue weighted by atomic mass is 16.6. The zero-order valence-corrected chi connectivity index (χ0v) is 28.3. The lowest BCUT2D eigenvalue weighted by molar-refractivity contribution is -0.169. The number of rotatable bonds is 12. The Morgan fingerprint density at radius 1 is 0.956 bits per heavy atom. The van der Waals surface area contributed by atoms with Crippen LogP contribution >= 0.6 is 0 Å². The molecule has 0 aliphatic heterocycles. The minimum Gasteiger partial charge on any atom is -0.460 e. The SMILES string of the molecule is COC1CC2CCC1(CN(Cc1ccccc1)[C@H](c1ccccc1)[C@H](C(=O)OC(C)(C)C)[C@H](O)Cc1ccc(C)cc1)C2(C)C. The molecule has 5 rings (SSSR count). The van der Waals surface area contributed by atoms with Gasteiger partial charge in [-0.3, -0.25) is 9.69 Å². The van der Waals surface area contributed by atoms with Crippen molar-refractivity contribution in [2.45, 2.75) is 97.6 Å². The van der Waals surface area contributed by atoms with Crippen molar-refractivity contribution in [3.8, 4) is 0 Å². The first-order chi connectivity index (χ1) is 21.3. The molecule has 6 atom stereocenters. The number of esters is 1. The highest BCUT2D eigenvalue weighted by Gasteiger charge is 2.65. The number of carbonyl (C=O) groups excluding carboxylic acids is 1. The number of aliphatic hydroxyl groups is 1. The third kappa shape index (κ3) is 7.06. The Morgan fingerprint density at radius 2 is 1.58 bits per heavy atom. The van der Waals surface area contributed by atoms with Crippen molar-refractivity contribution < 1.29 is 19.4 Å². The zero-order valence-electron chi connectivity index (χ0n) is 28.3. The molecule has 2 fully saturated rings. The number of hydrogen-bond acceptors (Lipinski definition) is 5. The van der Waals surface area contributed by atoms with Gasteiger partial charge in [0, 0.05) is 25.6 Å². The van der Waals surface area contributed by atoms with Crippen LogP contribution in [0, 0.1) is 29.6 Å². The van der Waals surface area contributed by atoms with Crippen LogP contribution in [0.5, 0.6) is 0 Å². The summed E-state index contributed by atoms with van der Waals surface area (Å²) in [7, 11) is 1.86. The van der Waals surface area contributed by atoms with E-state index < -0.39 is 23.7 Å². The Bertz CT molecular complexity index is 1400. The number of aryl methyl sites for hydroxylation is 1. The van der Waals surface area contributed by atoms with Gasteiger partial charge < -0.3 is 14.6 Å². The molecule has 2 saturated carbocycles. The molecule has 0 heterocycles. The first-order valence-electron chi connectivity index (χ1n) is 16.7. The molecule has 2 bridgehead atoms. The molecule has 0 amide bonds. The van der Waals surface area contributed by atoms with Crippen molar-refractivity contribution in [1.82, 2.24) is 4.90 Å². The van der Waals surface area contributed by atoms with E-state index >= 15 is 0 Å². The van der Waals surface area contributed by atoms with Crippen molar-refractivity contribution in [3.63, 3.8) is 0 Å². The average Bonchev–Trinajstić information content (AvgIpc) is 3.36. The molecule has 45 heavy (non-hydrogen) atoms. The maximum Gasteiger partial charge on any atom is 0.314 e. The molecule has 2 aliphatic rings. The normalized spacial score (nSPS) is 24.4. The quantitative estimate of drug-likeness (QED) is 0.211. The van der Waals surface area contributed by atoms with Crippen molar-refractivity contribution in [1.29, 1.82) is 0 Å². The number of carbonyl (C=O) groups is 1. The first kappa shape index (κ1) is 33.4. The standard InChI is InChI=1S/C40H53NO4/c1-28-18-20-29(21-19-28)24-33(42)35(37(43)45-38(2,3)4)36(31-16-12-9-13-17-31)41(26-30-14-10-8-11-15-30)27-40-23-22-32(39(40,5)6)25-34(40)44-7/h8-21,32-36,42H,22-27H2,1-7H3/t32?,33-,34?,35-,36-,40?/m1/s1. The summed E-state index contributed by atoms with van der Waals surface area (Å²) >= 11 is 0. The zero-order chi connectivity index (χ0) is 32.4. The van der Waals surface area contributed by atoms with Gasteiger partial charge in [0.2, 0.25) is 0 Å². The topological polar surface area (TPSA) is 59.0 Å². The molecule has 0 saturated heterocycles. The Labute approximate surface area is 271 Å². The fraction of sp³-hybridized carbons (Fsp3) is 0.525. The number of fused-ring (bicyclic) bond motifs is 2. The van der Waals surface area contributed by atoms with Gasteiger partial charge in [0.25, 0.3) is 0 Å². The molecule has 0 aromatic heterocycles. The van der Waals surface area contributed by atoms with E-state index in [4.69, 9.17) is 9.47 Å². The summed E-state index contributed by atoms with van der Waals surface area (Å²) in [4.78, 5) is 16.9. The van der Waals surface area contributed by atoms with E-state index in [0.717, 1.165) is 36.1 Å². The molecule has 3 aromatic carbocycles. The van der Waals surface area contributed by atoms with Crippen LogP contribution in [0.3, 0.4) is 0 Å². The fourth-order valence-electron chi connectivity index (χ4n) is 8.39. The molecular formula is C40H53NO4. The van der Waals surface area contributed by atoms with Crippen molar-refractivity contribution in [2.24, 2.45) is 22.7 Å². The predicted molar refractivity (Wildman–Crippen MR) is 181 cm³/mol. The smallest absolute Gasteiger partial charge is 0.314 e. The van der Waals surface area contributed by atoms with Gasteiger partial charge in [-0.1, -0.05) is 104 Å². The molecule has 242 valence electrons. The number of aliphatic hydroxyl groups excluding tert-OH is 1. The van der Waals surface area contributed by atoms with Gasteiger partial charge in [-0.15, -0.1) is 0 Å². The number of ether oxygens (including phenoxy) is 2. The lowest BCUT2D eigenvalue weighted by Gasteiger charge is -2.48. The fourth-order valence-corrected chi connectivity index (χ4v) is 8.39. The van der Waals surface area contributed by atoms with Crippen LogP contribution in [0.2, 0.25) is 0 Å². The second-order valence-electron chi connectivity index (χ2n) is 15.1. The number of nitrogens with zero attached hydrogens (tertiary/aromatic N) is 1. The molecule has 2 aliphatic carbocycles. The second kappa shape index (κ2) is 13.4. The van der Waals surface area contributed by atoms with Gasteiger partial charge in [-0.25, -0.2) is 0 Å². The summed E-state index contributed by atoms with van der Waals surface area (Å²) in [5.74, 6) is -0.592. The van der Waals surface area contributed by atoms with E-state index in [2.05, 4.69) is 74.2 Å². The van der Waals surface area contributed by atoms with Crippen LogP contribution in [0.15, 0.2) is 84.9 Å². The first-order valence-corrected chi connectivity index (χ1v) is 16.7. The van der Waals surface area contributed by atoms with E-state index in [0.29, 0.717) is 18.9 Å². The third-order valence-corrected chi connectivity index (χ3v) is 10.9. The lowest BCUT2D eigenvalue weighted by atomic mass is 9.67. The van der Waals surface area contributed by atoms with Gasteiger partial charge in [0.15, 0.2) is 0 Å². The average molecular weight is 612 g/mol. The third-order valence-electron chi connectivity index (χ3n) is 10.9. The molecular weight excluding hydrogens is 558 g/mol. The summed E-state index contributed by atoms with van der Waals surface area (Å²) < 4.78 is 12.4. The molecule has 0 radical (unpaired) electrons. The van der Waals surface area contributed by atoms with Crippen LogP contribution in [-0.4, -0.2) is 47.4 Å². The molecule has 5 heteroatoms. The minimum atomic E-state index is -0.963. The molecule has 3 aromatic rings. The van der Waals surface area contributed by atoms with E-state index in [1.807, 2.05) is 64.3 Å². The predicted octanol–water partition coefficient (Wildman–Crippen LogP) is 7.94. The molecule has 3 unspecified atom stereocenters. The minimum absolute atomic E-state index is 0.0752. The molecule has 5 nitrogen and oxygen atoms in total. The maximum atomic E-state index is 14.4. The van der Waals surface area contributed by atoms with Gasteiger partial charge in [0.1, 0.15) is 11.5 Å². The number of hydrogen-bond donors (Lipinski definition) is 1. The van der Waals surface area contributed by atoms with E-state index in [1.165, 1.54) is 12.0 Å². The monoisotopic (exact) mass is 611 g/mol. The van der Waals surface area contributed by atoms with Gasteiger partial charge in [-0.05, 0) is 81.4 Å². The van der Waals surface area contributed by atoms with Crippen LogP contribution in [-0.2, 0) is 27.2 Å². The Balaban J connectivity index is 1.65. The van der Waals surface area contributed by atoms with E-state index in [1.54, 1.807) is 0 Å². The van der Waals surface area contributed by atoms with E-state index in [9.17, 15) is 9.90 Å². The lowest BCUT2D eigenvalue weighted by Crippen LogP contribution is -2.52. The second-order valence-corrected chi connectivity index (χ2v) is 15.1. The van der Waals surface area contributed by atoms with Crippen molar-refractivity contribution in [2.75, 3.05) is 13.7 Å². The Morgan fingerprint density at radius 3 is 2.16 bits per heavy atom. The van der Waals surface area contributed by atoms with Crippen molar-refractivity contribution in [3.05, 3.63) is 107 Å². The summed E-state index contributed by atoms with van der Waals surface area (Å²) in [6.45, 7) is 14.0. The van der Waals surface area contributed by atoms with E-state index in [-0.39, 0.29) is 22.9 Å².